The minimum atomic E-state index is -0.0510. The molecule has 0 spiro atoms. The molecule has 0 saturated carbocycles. The molecule has 28 heavy (non-hydrogen) atoms. The normalized spacial score (nSPS) is 26.4. The minimum absolute atomic E-state index is 0.0510. The van der Waals surface area contributed by atoms with Crippen molar-refractivity contribution in [1.29, 1.82) is 0 Å². The summed E-state index contributed by atoms with van der Waals surface area (Å²) in [5.74, 6) is 2.22. The SMILES string of the molecule is CCc1nc(C)c(C(=O)N2CC[C@@H]3[C@@H](CCC(=O)N3CC3CCNCC3)C2)o1. The van der Waals surface area contributed by atoms with Crippen molar-refractivity contribution in [3.63, 3.8) is 0 Å². The second kappa shape index (κ2) is 8.23. The Kier molecular flexibility index (Phi) is 5.71. The van der Waals surface area contributed by atoms with Gasteiger partial charge in [-0.3, -0.25) is 9.59 Å². The number of amides is 2. The molecule has 3 fully saturated rings. The number of carbonyl (C=O) groups is 2. The molecule has 7 heteroatoms. The largest absolute Gasteiger partial charge is 0.435 e. The Morgan fingerprint density at radius 2 is 2.04 bits per heavy atom. The standard InChI is InChI=1S/C21H32N4O3/c1-3-18-23-14(2)20(28-18)21(27)24-11-8-17-16(13-24)4-5-19(26)25(17)12-15-6-9-22-10-7-15/h15-17,22H,3-13H2,1-2H3/t16-,17+/m0/s1. The number of fused-ring (bicyclic) bond motifs is 1. The van der Waals surface area contributed by atoms with Gasteiger partial charge in [0, 0.05) is 38.5 Å². The average molecular weight is 389 g/mol. The fourth-order valence-corrected chi connectivity index (χ4v) is 5.06. The number of nitrogens with one attached hydrogen (secondary N) is 1. The van der Waals surface area contributed by atoms with Gasteiger partial charge in [0.25, 0.3) is 5.91 Å². The third kappa shape index (κ3) is 3.81. The van der Waals surface area contributed by atoms with Crippen molar-refractivity contribution >= 4 is 11.8 Å². The highest BCUT2D eigenvalue weighted by atomic mass is 16.4. The Hall–Kier alpha value is -1.89. The van der Waals surface area contributed by atoms with Crippen LogP contribution in [0.25, 0.3) is 0 Å². The molecule has 3 aliphatic heterocycles. The highest BCUT2D eigenvalue weighted by molar-refractivity contribution is 5.92. The Morgan fingerprint density at radius 3 is 2.75 bits per heavy atom. The van der Waals surface area contributed by atoms with Gasteiger partial charge < -0.3 is 19.5 Å². The van der Waals surface area contributed by atoms with E-state index in [-0.39, 0.29) is 11.9 Å². The van der Waals surface area contributed by atoms with E-state index in [1.165, 1.54) is 0 Å². The molecule has 0 aliphatic carbocycles. The average Bonchev–Trinajstić information content (AvgIpc) is 3.11. The van der Waals surface area contributed by atoms with Crippen LogP contribution in [-0.4, -0.2) is 65.4 Å². The molecule has 1 aromatic heterocycles. The first kappa shape index (κ1) is 19.4. The van der Waals surface area contributed by atoms with Crippen LogP contribution in [0.1, 0.15) is 61.2 Å². The smallest absolute Gasteiger partial charge is 0.291 e. The second-order valence-corrected chi connectivity index (χ2v) is 8.52. The summed E-state index contributed by atoms with van der Waals surface area (Å²) in [4.78, 5) is 34.0. The molecule has 154 valence electrons. The van der Waals surface area contributed by atoms with Gasteiger partial charge in [-0.2, -0.15) is 0 Å². The quantitative estimate of drug-likeness (QED) is 0.854. The van der Waals surface area contributed by atoms with E-state index in [4.69, 9.17) is 4.42 Å². The first-order valence-electron chi connectivity index (χ1n) is 10.8. The summed E-state index contributed by atoms with van der Waals surface area (Å²) in [5.41, 5.74) is 0.676. The zero-order valence-electron chi connectivity index (χ0n) is 17.1. The van der Waals surface area contributed by atoms with Crippen molar-refractivity contribution in [1.82, 2.24) is 20.1 Å². The van der Waals surface area contributed by atoms with Crippen molar-refractivity contribution < 1.29 is 14.0 Å². The molecule has 3 aliphatic rings. The van der Waals surface area contributed by atoms with Crippen molar-refractivity contribution in [2.75, 3.05) is 32.7 Å². The number of rotatable bonds is 4. The number of oxazole rings is 1. The molecule has 1 N–H and O–H groups in total. The summed E-state index contributed by atoms with van der Waals surface area (Å²) in [7, 11) is 0. The highest BCUT2D eigenvalue weighted by Gasteiger charge is 2.41. The maximum atomic E-state index is 13.0. The van der Waals surface area contributed by atoms with Gasteiger partial charge in [0.1, 0.15) is 0 Å². The van der Waals surface area contributed by atoms with Crippen molar-refractivity contribution in [2.45, 2.75) is 58.4 Å². The summed E-state index contributed by atoms with van der Waals surface area (Å²) in [6, 6.07) is 0.280. The van der Waals surface area contributed by atoms with E-state index in [9.17, 15) is 9.59 Å². The van der Waals surface area contributed by atoms with Crippen LogP contribution in [0.4, 0.5) is 0 Å². The molecule has 4 rings (SSSR count). The van der Waals surface area contributed by atoms with E-state index in [0.717, 1.165) is 45.3 Å². The van der Waals surface area contributed by atoms with Gasteiger partial charge >= 0.3 is 0 Å². The topological polar surface area (TPSA) is 78.7 Å². The van der Waals surface area contributed by atoms with Crippen LogP contribution in [0.2, 0.25) is 0 Å². The zero-order chi connectivity index (χ0) is 19.7. The third-order valence-electron chi connectivity index (χ3n) is 6.68. The molecule has 2 atom stereocenters. The summed E-state index contributed by atoms with van der Waals surface area (Å²) in [6.07, 6.45) is 5.33. The lowest BCUT2D eigenvalue weighted by atomic mass is 9.82. The van der Waals surface area contributed by atoms with Crippen LogP contribution >= 0.6 is 0 Å². The Labute approximate surface area is 166 Å². The molecule has 3 saturated heterocycles. The molecular formula is C21H32N4O3. The van der Waals surface area contributed by atoms with E-state index in [1.807, 2.05) is 18.7 Å². The molecule has 0 bridgehead atoms. The number of hydrogen-bond donors (Lipinski definition) is 1. The number of piperidine rings is 3. The highest BCUT2D eigenvalue weighted by Crippen LogP contribution is 2.33. The van der Waals surface area contributed by atoms with Gasteiger partial charge in [0.2, 0.25) is 11.7 Å². The number of nitrogens with zero attached hydrogens (tertiary/aromatic N) is 3. The van der Waals surface area contributed by atoms with Crippen LogP contribution < -0.4 is 5.32 Å². The van der Waals surface area contributed by atoms with E-state index < -0.39 is 0 Å². The van der Waals surface area contributed by atoms with E-state index in [1.54, 1.807) is 0 Å². The molecule has 0 aromatic carbocycles. The lowest BCUT2D eigenvalue weighted by molar-refractivity contribution is -0.141. The molecule has 0 radical (unpaired) electrons. The third-order valence-corrected chi connectivity index (χ3v) is 6.68. The Balaban J connectivity index is 1.42. The predicted molar refractivity (Wildman–Crippen MR) is 105 cm³/mol. The molecule has 1 aromatic rings. The fourth-order valence-electron chi connectivity index (χ4n) is 5.06. The van der Waals surface area contributed by atoms with Crippen LogP contribution in [0.3, 0.4) is 0 Å². The summed E-state index contributed by atoms with van der Waals surface area (Å²) in [5, 5.41) is 3.40. The first-order valence-corrected chi connectivity index (χ1v) is 10.8. The van der Waals surface area contributed by atoms with Gasteiger partial charge in [-0.05, 0) is 57.5 Å². The number of aromatic nitrogens is 1. The number of likely N-dealkylation sites (tertiary alicyclic amines) is 2. The van der Waals surface area contributed by atoms with Crippen molar-refractivity contribution in [3.05, 3.63) is 17.3 Å². The van der Waals surface area contributed by atoms with Crippen molar-refractivity contribution in [3.8, 4) is 0 Å². The van der Waals surface area contributed by atoms with Crippen molar-refractivity contribution in [2.24, 2.45) is 11.8 Å². The Morgan fingerprint density at radius 1 is 1.25 bits per heavy atom. The number of hydrogen-bond acceptors (Lipinski definition) is 5. The Bertz CT molecular complexity index is 725. The lowest BCUT2D eigenvalue weighted by Gasteiger charge is -2.48. The van der Waals surface area contributed by atoms with Gasteiger partial charge in [0.15, 0.2) is 5.89 Å². The molecular weight excluding hydrogens is 356 g/mol. The first-order chi connectivity index (χ1) is 13.6. The van der Waals surface area contributed by atoms with Gasteiger partial charge in [0.05, 0.1) is 5.69 Å². The second-order valence-electron chi connectivity index (χ2n) is 8.52. The molecule has 4 heterocycles. The van der Waals surface area contributed by atoms with E-state index in [0.29, 0.717) is 61.0 Å². The number of carbonyl (C=O) groups excluding carboxylic acids is 2. The predicted octanol–water partition coefficient (Wildman–Crippen LogP) is 2.00. The summed E-state index contributed by atoms with van der Waals surface area (Å²) < 4.78 is 5.68. The summed E-state index contributed by atoms with van der Waals surface area (Å²) in [6.45, 7) is 8.19. The van der Waals surface area contributed by atoms with Crippen LogP contribution in [0, 0.1) is 18.8 Å². The molecule has 7 nitrogen and oxygen atoms in total. The maximum absolute atomic E-state index is 13.0. The summed E-state index contributed by atoms with van der Waals surface area (Å²) >= 11 is 0. The van der Waals surface area contributed by atoms with Gasteiger partial charge in [-0.25, -0.2) is 4.98 Å². The monoisotopic (exact) mass is 388 g/mol. The zero-order valence-corrected chi connectivity index (χ0v) is 17.1. The van der Waals surface area contributed by atoms with Crippen LogP contribution in [0.15, 0.2) is 4.42 Å². The van der Waals surface area contributed by atoms with Crippen LogP contribution in [0.5, 0.6) is 0 Å². The minimum Gasteiger partial charge on any atom is -0.435 e. The maximum Gasteiger partial charge on any atom is 0.291 e. The van der Waals surface area contributed by atoms with E-state index in [2.05, 4.69) is 15.2 Å². The molecule has 2 amide bonds. The van der Waals surface area contributed by atoms with Gasteiger partial charge in [-0.1, -0.05) is 6.92 Å². The van der Waals surface area contributed by atoms with Gasteiger partial charge in [-0.15, -0.1) is 0 Å². The molecule has 0 unspecified atom stereocenters. The van der Waals surface area contributed by atoms with E-state index >= 15 is 0 Å². The number of aryl methyl sites for hydroxylation is 2. The van der Waals surface area contributed by atoms with Crippen LogP contribution in [-0.2, 0) is 11.2 Å². The fraction of sp³-hybridized carbons (Fsp3) is 0.762. The lowest BCUT2D eigenvalue weighted by Crippen LogP contribution is -2.58.